The number of hydrogen-bond donors (Lipinski definition) is 1. The summed E-state index contributed by atoms with van der Waals surface area (Å²) in [4.78, 5) is 21.6. The molecule has 0 aliphatic carbocycles. The van der Waals surface area contributed by atoms with E-state index in [4.69, 9.17) is 0 Å². The summed E-state index contributed by atoms with van der Waals surface area (Å²) in [5.74, 6) is 1.54. The van der Waals surface area contributed by atoms with E-state index in [-0.39, 0.29) is 12.5 Å². The van der Waals surface area contributed by atoms with Gasteiger partial charge in [0.05, 0.1) is 0 Å². The molecule has 0 saturated carbocycles. The second-order valence-electron chi connectivity index (χ2n) is 2.93. The third-order valence-electron chi connectivity index (χ3n) is 1.72. The van der Waals surface area contributed by atoms with Crippen LogP contribution in [0.25, 0.3) is 0 Å². The summed E-state index contributed by atoms with van der Waals surface area (Å²) in [6.45, 7) is 1.87. The molecule has 1 rings (SSSR count). The first-order valence-corrected chi connectivity index (χ1v) is 4.28. The average Bonchev–Trinajstić information content (AvgIpc) is 2.26. The highest BCUT2D eigenvalue weighted by atomic mass is 16.1. The summed E-state index contributed by atoms with van der Waals surface area (Å²) in [6, 6.07) is 8.85. The van der Waals surface area contributed by atoms with E-state index in [2.05, 4.69) is 5.32 Å². The van der Waals surface area contributed by atoms with E-state index >= 15 is 0 Å². The van der Waals surface area contributed by atoms with Gasteiger partial charge in [0.15, 0.2) is 0 Å². The van der Waals surface area contributed by atoms with Gasteiger partial charge in [0.25, 0.3) is 5.91 Å². The largest absolute Gasteiger partial charge is 0.348 e. The third kappa shape index (κ3) is 2.88. The number of nitrogens with one attached hydrogen (secondary N) is 1. The van der Waals surface area contributed by atoms with Crippen LogP contribution in [0.1, 0.15) is 17.3 Å². The Morgan fingerprint density at radius 2 is 2.00 bits per heavy atom. The van der Waals surface area contributed by atoms with Crippen molar-refractivity contribution in [2.45, 2.75) is 6.92 Å². The molecule has 3 nitrogen and oxygen atoms in total. The first-order chi connectivity index (χ1) is 6.74. The van der Waals surface area contributed by atoms with Crippen LogP contribution in [0.2, 0.25) is 0 Å². The van der Waals surface area contributed by atoms with Gasteiger partial charge in [-0.15, -0.1) is 0 Å². The van der Waals surface area contributed by atoms with Crippen molar-refractivity contribution in [3.8, 4) is 0 Å². The van der Waals surface area contributed by atoms with Crippen LogP contribution in [0.5, 0.6) is 0 Å². The molecule has 72 valence electrons. The van der Waals surface area contributed by atoms with Crippen LogP contribution in [0.4, 0.5) is 0 Å². The molecule has 0 aliphatic heterocycles. The van der Waals surface area contributed by atoms with Crippen molar-refractivity contribution in [3.05, 3.63) is 41.5 Å². The second kappa shape index (κ2) is 5.00. The van der Waals surface area contributed by atoms with Crippen LogP contribution in [-0.2, 0) is 4.79 Å². The van der Waals surface area contributed by atoms with Gasteiger partial charge in [0.1, 0.15) is 5.94 Å². The Morgan fingerprint density at radius 1 is 1.36 bits per heavy atom. The molecule has 1 aromatic carbocycles. The summed E-state index contributed by atoms with van der Waals surface area (Å²) in [5, 5.41) is 2.61. The van der Waals surface area contributed by atoms with Gasteiger partial charge in [0, 0.05) is 17.7 Å². The first kappa shape index (κ1) is 10.2. The average molecular weight is 189 g/mol. The molecule has 1 aromatic rings. The van der Waals surface area contributed by atoms with Crippen molar-refractivity contribution < 1.29 is 9.59 Å². The quantitative estimate of drug-likeness (QED) is 0.726. The molecule has 0 fully saturated rings. The normalized spacial score (nSPS) is 8.93. The van der Waals surface area contributed by atoms with Crippen LogP contribution in [-0.4, -0.2) is 18.4 Å². The molecule has 0 saturated heterocycles. The monoisotopic (exact) mass is 189 g/mol. The minimum Gasteiger partial charge on any atom is -0.348 e. The minimum absolute atomic E-state index is 0.180. The van der Waals surface area contributed by atoms with E-state index in [9.17, 15) is 9.59 Å². The van der Waals surface area contributed by atoms with Crippen molar-refractivity contribution in [2.75, 3.05) is 6.54 Å². The lowest BCUT2D eigenvalue weighted by Gasteiger charge is -2.02. The molecule has 14 heavy (non-hydrogen) atoms. The lowest BCUT2D eigenvalue weighted by molar-refractivity contribution is 0.0957. The molecule has 0 atom stereocenters. The Balaban J connectivity index is 2.56. The zero-order valence-electron chi connectivity index (χ0n) is 7.91. The molecule has 0 bridgehead atoms. The Hall–Kier alpha value is -1.86. The Labute approximate surface area is 82.4 Å². The number of carbonyl (C=O) groups excluding carboxylic acids is 2. The molecule has 0 aromatic heterocycles. The van der Waals surface area contributed by atoms with Gasteiger partial charge < -0.3 is 5.32 Å². The molecule has 0 aliphatic rings. The topological polar surface area (TPSA) is 46.2 Å². The number of hydrogen-bond acceptors (Lipinski definition) is 2. The van der Waals surface area contributed by atoms with Crippen LogP contribution in [0.3, 0.4) is 0 Å². The van der Waals surface area contributed by atoms with Crippen LogP contribution >= 0.6 is 0 Å². The summed E-state index contributed by atoms with van der Waals surface area (Å²) in [7, 11) is 0. The molecular formula is C11H11NO2. The number of rotatable bonds is 3. The van der Waals surface area contributed by atoms with Crippen molar-refractivity contribution in [1.82, 2.24) is 5.32 Å². The van der Waals surface area contributed by atoms with E-state index in [1.165, 1.54) is 0 Å². The summed E-state index contributed by atoms with van der Waals surface area (Å²) in [5.41, 5.74) is 1.07. The van der Waals surface area contributed by atoms with E-state index in [0.29, 0.717) is 11.1 Å². The number of carbonyl (C=O) groups is 1. The fourth-order valence-corrected chi connectivity index (χ4v) is 0.941. The van der Waals surface area contributed by atoms with Crippen molar-refractivity contribution >= 4 is 11.8 Å². The maximum atomic E-state index is 11.4. The smallest absolute Gasteiger partial charge is 0.251 e. The lowest BCUT2D eigenvalue weighted by atomic mass is 10.2. The van der Waals surface area contributed by atoms with E-state index in [0.717, 1.165) is 0 Å². The zero-order valence-corrected chi connectivity index (χ0v) is 7.91. The number of amides is 1. The summed E-state index contributed by atoms with van der Waals surface area (Å²) in [6.07, 6.45) is 0. The Kier molecular flexibility index (Phi) is 3.65. The maximum Gasteiger partial charge on any atom is 0.251 e. The highest BCUT2D eigenvalue weighted by Crippen LogP contribution is 1.97. The molecule has 0 heterocycles. The van der Waals surface area contributed by atoms with Crippen molar-refractivity contribution in [3.63, 3.8) is 0 Å². The Morgan fingerprint density at radius 3 is 2.57 bits per heavy atom. The van der Waals surface area contributed by atoms with E-state index in [1.54, 1.807) is 37.1 Å². The molecule has 1 N–H and O–H groups in total. The maximum absolute atomic E-state index is 11.4. The minimum atomic E-state index is -0.180. The highest BCUT2D eigenvalue weighted by molar-refractivity contribution is 5.94. The first-order valence-electron chi connectivity index (χ1n) is 4.28. The second-order valence-corrected chi connectivity index (χ2v) is 2.93. The van der Waals surface area contributed by atoms with E-state index < -0.39 is 0 Å². The van der Waals surface area contributed by atoms with E-state index in [1.807, 2.05) is 6.07 Å². The lowest BCUT2D eigenvalue weighted by Crippen LogP contribution is -2.25. The number of benzene rings is 1. The van der Waals surface area contributed by atoms with Crippen LogP contribution in [0.15, 0.2) is 35.9 Å². The molecule has 0 spiro atoms. The van der Waals surface area contributed by atoms with Crippen molar-refractivity contribution in [2.24, 2.45) is 0 Å². The summed E-state index contributed by atoms with van der Waals surface area (Å²) < 4.78 is 0. The third-order valence-corrected chi connectivity index (χ3v) is 1.72. The molecule has 1 amide bonds. The highest BCUT2D eigenvalue weighted by Gasteiger charge is 2.02. The molecule has 0 unspecified atom stereocenters. The molecular weight excluding hydrogens is 178 g/mol. The zero-order chi connectivity index (χ0) is 10.4. The molecule has 0 radical (unpaired) electrons. The fraction of sp³-hybridized carbons (Fsp3) is 0.182. The SMILES string of the molecule is CC(=C=O)CNC(=O)c1ccccc1. The fourth-order valence-electron chi connectivity index (χ4n) is 0.941. The van der Waals surface area contributed by atoms with Crippen molar-refractivity contribution in [1.29, 1.82) is 0 Å². The van der Waals surface area contributed by atoms with Gasteiger partial charge in [-0.25, -0.2) is 4.79 Å². The van der Waals surface area contributed by atoms with Gasteiger partial charge in [-0.2, -0.15) is 0 Å². The predicted octanol–water partition coefficient (Wildman–Crippen LogP) is 1.19. The summed E-state index contributed by atoms with van der Waals surface area (Å²) >= 11 is 0. The van der Waals surface area contributed by atoms with Gasteiger partial charge in [-0.1, -0.05) is 18.2 Å². The Bertz CT molecular complexity index is 364. The van der Waals surface area contributed by atoms with Crippen LogP contribution in [0, 0.1) is 0 Å². The van der Waals surface area contributed by atoms with Crippen LogP contribution < -0.4 is 5.32 Å². The predicted molar refractivity (Wildman–Crippen MR) is 53.7 cm³/mol. The standard InChI is InChI=1S/C11H11NO2/c1-9(8-13)7-12-11(14)10-5-3-2-4-6-10/h2-6H,7H2,1H3,(H,12,14). The molecule has 3 heteroatoms. The van der Waals surface area contributed by atoms with Gasteiger partial charge in [-0.05, 0) is 19.1 Å². The van der Waals surface area contributed by atoms with Gasteiger partial charge in [-0.3, -0.25) is 4.79 Å². The van der Waals surface area contributed by atoms with Gasteiger partial charge >= 0.3 is 0 Å². The van der Waals surface area contributed by atoms with Gasteiger partial charge in [0.2, 0.25) is 0 Å².